The second-order valence-corrected chi connectivity index (χ2v) is 7.51. The van der Waals surface area contributed by atoms with Crippen molar-refractivity contribution in [3.63, 3.8) is 0 Å². The molecule has 5 heteroatoms. The molecule has 2 saturated heterocycles. The molecule has 0 amide bonds. The molecule has 5 nitrogen and oxygen atoms in total. The maximum atomic E-state index is 5.85. The zero-order valence-corrected chi connectivity index (χ0v) is 15.2. The summed E-state index contributed by atoms with van der Waals surface area (Å²) in [5, 5.41) is 3.91. The number of nitrogens with one attached hydrogen (secondary N) is 1. The quantitative estimate of drug-likeness (QED) is 0.908. The van der Waals surface area contributed by atoms with Gasteiger partial charge >= 0.3 is 0 Å². The number of nitrogens with zero attached hydrogens (tertiary/aromatic N) is 1. The van der Waals surface area contributed by atoms with E-state index in [0.717, 1.165) is 57.7 Å². The van der Waals surface area contributed by atoms with Gasteiger partial charge in [0.1, 0.15) is 5.75 Å². The van der Waals surface area contributed by atoms with Crippen LogP contribution in [0.2, 0.25) is 0 Å². The van der Waals surface area contributed by atoms with Gasteiger partial charge in [-0.2, -0.15) is 0 Å². The summed E-state index contributed by atoms with van der Waals surface area (Å²) in [5.41, 5.74) is 1.21. The zero-order chi connectivity index (χ0) is 17.1. The zero-order valence-electron chi connectivity index (χ0n) is 15.2. The van der Waals surface area contributed by atoms with Gasteiger partial charge in [-0.15, -0.1) is 0 Å². The van der Waals surface area contributed by atoms with Gasteiger partial charge in [-0.05, 0) is 37.8 Å². The van der Waals surface area contributed by atoms with Crippen LogP contribution in [0.1, 0.15) is 38.5 Å². The summed E-state index contributed by atoms with van der Waals surface area (Å²) in [6.45, 7) is 3.67. The second kappa shape index (κ2) is 7.52. The maximum Gasteiger partial charge on any atom is 0.168 e. The molecule has 0 radical (unpaired) electrons. The monoisotopic (exact) mass is 346 g/mol. The molecular weight excluding hydrogens is 316 g/mol. The molecule has 0 bridgehead atoms. The van der Waals surface area contributed by atoms with E-state index < -0.39 is 0 Å². The van der Waals surface area contributed by atoms with Crippen LogP contribution in [0.5, 0.6) is 5.75 Å². The summed E-state index contributed by atoms with van der Waals surface area (Å²) in [6, 6.07) is 9.48. The molecule has 1 aromatic carbocycles. The Hall–Kier alpha value is -1.30. The van der Waals surface area contributed by atoms with Crippen molar-refractivity contribution in [2.75, 3.05) is 38.3 Å². The Labute approximate surface area is 150 Å². The SMILES string of the molecule is COc1ccccc1N1CCC[C@@H](NC2CCC3(CC2)OCCO3)C1. The van der Waals surface area contributed by atoms with Gasteiger partial charge in [0, 0.05) is 38.0 Å². The summed E-state index contributed by atoms with van der Waals surface area (Å²) in [5.74, 6) is 0.715. The van der Waals surface area contributed by atoms with E-state index in [2.05, 4.69) is 28.4 Å². The van der Waals surface area contributed by atoms with Gasteiger partial charge < -0.3 is 24.4 Å². The van der Waals surface area contributed by atoms with E-state index in [9.17, 15) is 0 Å². The molecular formula is C20H30N2O3. The fourth-order valence-corrected chi connectivity index (χ4v) is 4.57. The number of methoxy groups -OCH3 is 1. The molecule has 3 aliphatic rings. The largest absolute Gasteiger partial charge is 0.495 e. The highest BCUT2D eigenvalue weighted by Crippen LogP contribution is 2.36. The molecule has 0 aromatic heterocycles. The lowest BCUT2D eigenvalue weighted by Crippen LogP contribution is -2.51. The van der Waals surface area contributed by atoms with Crippen LogP contribution in [0.3, 0.4) is 0 Å². The van der Waals surface area contributed by atoms with Crippen molar-refractivity contribution in [2.45, 2.75) is 56.4 Å². The molecule has 1 atom stereocenters. The third-order valence-electron chi connectivity index (χ3n) is 5.88. The molecule has 1 spiro atoms. The average molecular weight is 346 g/mol. The standard InChI is InChI=1S/C20H30N2O3/c1-23-19-7-3-2-6-18(19)22-12-4-5-17(15-22)21-16-8-10-20(11-9-16)24-13-14-25-20/h2-3,6-7,16-17,21H,4-5,8-15H2,1H3/t17-/m1/s1. The molecule has 25 heavy (non-hydrogen) atoms. The van der Waals surface area contributed by atoms with Crippen LogP contribution < -0.4 is 15.0 Å². The summed E-state index contributed by atoms with van der Waals surface area (Å²) < 4.78 is 17.2. The van der Waals surface area contributed by atoms with Gasteiger partial charge in [-0.1, -0.05) is 12.1 Å². The lowest BCUT2D eigenvalue weighted by atomic mass is 9.89. The number of para-hydroxylation sites is 2. The number of benzene rings is 1. The highest BCUT2D eigenvalue weighted by atomic mass is 16.7. The van der Waals surface area contributed by atoms with Crippen LogP contribution in [-0.4, -0.2) is 51.3 Å². The first-order chi connectivity index (χ1) is 12.3. The Bertz CT molecular complexity index is 564. The fraction of sp³-hybridized carbons (Fsp3) is 0.700. The van der Waals surface area contributed by atoms with Crippen LogP contribution >= 0.6 is 0 Å². The van der Waals surface area contributed by atoms with Crippen molar-refractivity contribution in [3.05, 3.63) is 24.3 Å². The third-order valence-corrected chi connectivity index (χ3v) is 5.88. The van der Waals surface area contributed by atoms with E-state index in [1.165, 1.54) is 18.5 Å². The first-order valence-electron chi connectivity index (χ1n) is 9.70. The van der Waals surface area contributed by atoms with Gasteiger partial charge in [0.15, 0.2) is 5.79 Å². The van der Waals surface area contributed by atoms with E-state index in [0.29, 0.717) is 12.1 Å². The van der Waals surface area contributed by atoms with Crippen LogP contribution in [0, 0.1) is 0 Å². The molecule has 2 heterocycles. The number of piperidine rings is 1. The van der Waals surface area contributed by atoms with E-state index >= 15 is 0 Å². The summed E-state index contributed by atoms with van der Waals surface area (Å²) in [7, 11) is 1.75. The number of hydrogen-bond acceptors (Lipinski definition) is 5. The predicted octanol–water partition coefficient (Wildman–Crippen LogP) is 2.94. The average Bonchev–Trinajstić information content (AvgIpc) is 3.12. The molecule has 2 aliphatic heterocycles. The molecule has 1 N–H and O–H groups in total. The highest BCUT2D eigenvalue weighted by molar-refractivity contribution is 5.58. The molecule has 1 aromatic rings. The van der Waals surface area contributed by atoms with E-state index in [1.54, 1.807) is 7.11 Å². The Morgan fingerprint density at radius 3 is 2.60 bits per heavy atom. The van der Waals surface area contributed by atoms with Gasteiger partial charge in [-0.3, -0.25) is 0 Å². The van der Waals surface area contributed by atoms with Crippen LogP contribution in [0.4, 0.5) is 5.69 Å². The van der Waals surface area contributed by atoms with Gasteiger partial charge in [0.2, 0.25) is 0 Å². The summed E-state index contributed by atoms with van der Waals surface area (Å²) >= 11 is 0. The fourth-order valence-electron chi connectivity index (χ4n) is 4.57. The van der Waals surface area contributed by atoms with E-state index in [1.807, 2.05) is 6.07 Å². The highest BCUT2D eigenvalue weighted by Gasteiger charge is 2.40. The van der Waals surface area contributed by atoms with Crippen molar-refractivity contribution in [2.24, 2.45) is 0 Å². The molecule has 4 rings (SSSR count). The molecule has 0 unspecified atom stereocenters. The topological polar surface area (TPSA) is 43.0 Å². The lowest BCUT2D eigenvalue weighted by Gasteiger charge is -2.40. The normalized spacial score (nSPS) is 26.9. The van der Waals surface area contributed by atoms with Crippen molar-refractivity contribution in [1.82, 2.24) is 5.32 Å². The number of rotatable bonds is 4. The summed E-state index contributed by atoms with van der Waals surface area (Å²) in [4.78, 5) is 2.47. The van der Waals surface area contributed by atoms with Crippen molar-refractivity contribution in [1.29, 1.82) is 0 Å². The first kappa shape index (κ1) is 17.1. The van der Waals surface area contributed by atoms with Gasteiger partial charge in [0.25, 0.3) is 0 Å². The predicted molar refractivity (Wildman–Crippen MR) is 98.3 cm³/mol. The third kappa shape index (κ3) is 3.78. The Kier molecular flexibility index (Phi) is 5.15. The number of ether oxygens (including phenoxy) is 3. The Morgan fingerprint density at radius 1 is 1.08 bits per heavy atom. The van der Waals surface area contributed by atoms with Crippen LogP contribution in [0.15, 0.2) is 24.3 Å². The van der Waals surface area contributed by atoms with Gasteiger partial charge in [0.05, 0.1) is 26.0 Å². The molecule has 138 valence electrons. The van der Waals surface area contributed by atoms with Crippen LogP contribution in [0.25, 0.3) is 0 Å². The van der Waals surface area contributed by atoms with Crippen LogP contribution in [-0.2, 0) is 9.47 Å². The Morgan fingerprint density at radius 2 is 1.84 bits per heavy atom. The second-order valence-electron chi connectivity index (χ2n) is 7.51. The van der Waals surface area contributed by atoms with Crippen molar-refractivity contribution >= 4 is 5.69 Å². The maximum absolute atomic E-state index is 5.85. The summed E-state index contributed by atoms with van der Waals surface area (Å²) in [6.07, 6.45) is 6.80. The minimum Gasteiger partial charge on any atom is -0.495 e. The van der Waals surface area contributed by atoms with Gasteiger partial charge in [-0.25, -0.2) is 0 Å². The molecule has 3 fully saturated rings. The molecule has 1 aliphatic carbocycles. The number of anilines is 1. The minimum absolute atomic E-state index is 0.256. The van der Waals surface area contributed by atoms with Crippen molar-refractivity contribution < 1.29 is 14.2 Å². The van der Waals surface area contributed by atoms with Crippen molar-refractivity contribution in [3.8, 4) is 5.75 Å². The van der Waals surface area contributed by atoms with E-state index in [-0.39, 0.29) is 5.79 Å². The minimum atomic E-state index is -0.256. The molecule has 1 saturated carbocycles. The van der Waals surface area contributed by atoms with E-state index in [4.69, 9.17) is 14.2 Å². The Balaban J connectivity index is 1.33. The first-order valence-corrected chi connectivity index (χ1v) is 9.70. The number of hydrogen-bond donors (Lipinski definition) is 1. The lowest BCUT2D eigenvalue weighted by molar-refractivity contribution is -0.179. The smallest absolute Gasteiger partial charge is 0.168 e.